The molecule has 1 aliphatic heterocycles. The number of fused-ring (bicyclic) bond motifs is 1. The lowest BCUT2D eigenvalue weighted by molar-refractivity contribution is -0.118. The summed E-state index contributed by atoms with van der Waals surface area (Å²) in [7, 11) is 5.51. The van der Waals surface area contributed by atoms with Gasteiger partial charge in [-0.1, -0.05) is 31.2 Å². The smallest absolute Gasteiger partial charge is 0.318 e. The third kappa shape index (κ3) is 6.84. The van der Waals surface area contributed by atoms with Crippen molar-refractivity contribution in [3.8, 4) is 5.75 Å². The fourth-order valence-corrected chi connectivity index (χ4v) is 5.60. The van der Waals surface area contributed by atoms with Crippen LogP contribution in [0.25, 0.3) is 10.9 Å². The number of carbonyl (C=O) groups is 3. The highest BCUT2D eigenvalue weighted by Crippen LogP contribution is 2.30. The van der Waals surface area contributed by atoms with Gasteiger partial charge in [0.2, 0.25) is 5.91 Å². The number of methoxy groups -OCH3 is 1. The molecule has 1 saturated heterocycles. The Kier molecular flexibility index (Phi) is 9.44. The number of H-pyrrole nitrogens is 1. The number of aromatic nitrogens is 2. The molecule has 0 aliphatic carbocycles. The number of piperazine rings is 1. The molecule has 0 saturated carbocycles. The van der Waals surface area contributed by atoms with Crippen molar-refractivity contribution >= 4 is 34.4 Å². The fourth-order valence-electron chi connectivity index (χ4n) is 5.60. The summed E-state index contributed by atoms with van der Waals surface area (Å²) in [6.07, 6.45) is 5.06. The minimum absolute atomic E-state index is 0.117. The fraction of sp³-hybridized carbons (Fsp3) is 0.333. The van der Waals surface area contributed by atoms with Gasteiger partial charge < -0.3 is 35.1 Å². The van der Waals surface area contributed by atoms with Gasteiger partial charge in [0, 0.05) is 68.1 Å². The highest BCUT2D eigenvalue weighted by Gasteiger charge is 2.33. The Morgan fingerprint density at radius 3 is 2.48 bits per heavy atom. The summed E-state index contributed by atoms with van der Waals surface area (Å²) in [6, 6.07) is 15.8. The molecule has 1 fully saturated rings. The second kappa shape index (κ2) is 13.6. The predicted molar refractivity (Wildman–Crippen MR) is 170 cm³/mol. The minimum Gasteiger partial charge on any atom is -0.495 e. The number of hydrogen-bond donors (Lipinski definition) is 3. The number of rotatable bonds is 9. The van der Waals surface area contributed by atoms with Gasteiger partial charge in [0.1, 0.15) is 11.8 Å². The van der Waals surface area contributed by atoms with Crippen LogP contribution in [-0.2, 0) is 11.3 Å². The number of nitrogens with one attached hydrogen (secondary N) is 3. The number of amides is 4. The number of ether oxygens (including phenoxy) is 1. The molecule has 11 heteroatoms. The zero-order valence-electron chi connectivity index (χ0n) is 25.5. The van der Waals surface area contributed by atoms with Crippen molar-refractivity contribution in [1.29, 1.82) is 0 Å². The summed E-state index contributed by atoms with van der Waals surface area (Å²) in [5, 5.41) is 7.03. The van der Waals surface area contributed by atoms with Crippen molar-refractivity contribution in [1.82, 2.24) is 30.0 Å². The molecule has 2 aromatic carbocycles. The maximum absolute atomic E-state index is 14.0. The van der Waals surface area contributed by atoms with Crippen LogP contribution in [0.5, 0.6) is 5.75 Å². The molecule has 0 unspecified atom stereocenters. The number of urea groups is 1. The molecule has 0 radical (unpaired) electrons. The van der Waals surface area contributed by atoms with Gasteiger partial charge in [0.05, 0.1) is 18.4 Å². The Balaban J connectivity index is 1.35. The first-order valence-corrected chi connectivity index (χ1v) is 14.7. The molecule has 4 aromatic rings. The quantitative estimate of drug-likeness (QED) is 0.269. The normalized spacial score (nSPS) is 14.8. The van der Waals surface area contributed by atoms with E-state index >= 15 is 0 Å². The zero-order chi connectivity index (χ0) is 31.2. The van der Waals surface area contributed by atoms with Crippen LogP contribution in [0.1, 0.15) is 34.3 Å². The Morgan fingerprint density at radius 2 is 1.77 bits per heavy atom. The van der Waals surface area contributed by atoms with Gasteiger partial charge in [-0.3, -0.25) is 14.6 Å². The Hall–Kier alpha value is -4.90. The molecular formula is C33H39N7O4. The van der Waals surface area contributed by atoms with Gasteiger partial charge >= 0.3 is 6.03 Å². The molecule has 5 rings (SSSR count). The van der Waals surface area contributed by atoms with E-state index in [0.717, 1.165) is 22.0 Å². The summed E-state index contributed by atoms with van der Waals surface area (Å²) in [4.78, 5) is 53.3. The van der Waals surface area contributed by atoms with Crippen molar-refractivity contribution in [3.63, 3.8) is 0 Å². The summed E-state index contributed by atoms with van der Waals surface area (Å²) < 4.78 is 5.55. The predicted octanol–water partition coefficient (Wildman–Crippen LogP) is 3.91. The van der Waals surface area contributed by atoms with E-state index in [1.165, 1.54) is 0 Å². The third-order valence-corrected chi connectivity index (χ3v) is 7.96. The highest BCUT2D eigenvalue weighted by atomic mass is 16.5. The van der Waals surface area contributed by atoms with Crippen LogP contribution < -0.4 is 15.4 Å². The number of aromatic amines is 1. The van der Waals surface area contributed by atoms with Crippen molar-refractivity contribution < 1.29 is 19.1 Å². The van der Waals surface area contributed by atoms with Crippen LogP contribution in [0.4, 0.5) is 10.5 Å². The van der Waals surface area contributed by atoms with E-state index in [9.17, 15) is 14.4 Å². The molecule has 4 amide bonds. The molecule has 44 heavy (non-hydrogen) atoms. The van der Waals surface area contributed by atoms with Gasteiger partial charge in [0.25, 0.3) is 5.91 Å². The van der Waals surface area contributed by atoms with Gasteiger partial charge in [-0.2, -0.15) is 0 Å². The summed E-state index contributed by atoms with van der Waals surface area (Å²) in [5.74, 6) is -0.324. The molecule has 3 heterocycles. The first kappa shape index (κ1) is 30.6. The van der Waals surface area contributed by atoms with Crippen molar-refractivity contribution in [3.05, 3.63) is 89.9 Å². The standard InChI is InChI=1S/C33H39N7O4/c1-22(26-20-35-27-10-6-5-9-25(26)27)30(31(41)36-28-18-23(21-38(2)3)11-12-29(28)44-4)37-33(43)40-16-14-39(15-17-40)32(42)24-8-7-13-34-19-24/h5-13,18-20,22,30,35H,14-17,21H2,1-4H3,(H,36,41)(H,37,43)/t22-,30+/m0/s1. The van der Waals surface area contributed by atoms with Gasteiger partial charge in [0.15, 0.2) is 0 Å². The van der Waals surface area contributed by atoms with Crippen molar-refractivity contribution in [2.75, 3.05) is 52.7 Å². The van der Waals surface area contributed by atoms with Gasteiger partial charge in [-0.15, -0.1) is 0 Å². The highest BCUT2D eigenvalue weighted by molar-refractivity contribution is 5.99. The number of carbonyl (C=O) groups excluding carboxylic acids is 3. The lowest BCUT2D eigenvalue weighted by Gasteiger charge is -2.36. The third-order valence-electron chi connectivity index (χ3n) is 7.96. The molecule has 230 valence electrons. The Bertz CT molecular complexity index is 1610. The minimum atomic E-state index is -0.904. The van der Waals surface area contributed by atoms with Crippen molar-refractivity contribution in [2.24, 2.45) is 0 Å². The van der Waals surface area contributed by atoms with Crippen LogP contribution in [0.15, 0.2) is 73.2 Å². The molecule has 2 aromatic heterocycles. The Morgan fingerprint density at radius 1 is 1.02 bits per heavy atom. The SMILES string of the molecule is COc1ccc(CN(C)C)cc1NC(=O)[C@H](NC(=O)N1CCN(C(=O)c2cccnc2)CC1)[C@@H](C)c1c[nH]c2ccccc12. The second-order valence-electron chi connectivity index (χ2n) is 11.3. The summed E-state index contributed by atoms with van der Waals surface area (Å²) in [6.45, 7) is 4.07. The summed E-state index contributed by atoms with van der Waals surface area (Å²) >= 11 is 0. The molecule has 2 atom stereocenters. The van der Waals surface area contributed by atoms with E-state index in [1.807, 2.05) is 74.6 Å². The average molecular weight is 598 g/mol. The molecule has 0 bridgehead atoms. The van der Waals surface area contributed by atoms with Crippen LogP contribution in [0, 0.1) is 0 Å². The van der Waals surface area contributed by atoms with E-state index in [1.54, 1.807) is 41.4 Å². The number of nitrogens with zero attached hydrogens (tertiary/aromatic N) is 4. The maximum Gasteiger partial charge on any atom is 0.318 e. The van der Waals surface area contributed by atoms with Crippen LogP contribution >= 0.6 is 0 Å². The number of pyridine rings is 1. The maximum atomic E-state index is 14.0. The number of anilines is 1. The van der Waals surface area contributed by atoms with E-state index < -0.39 is 6.04 Å². The van der Waals surface area contributed by atoms with E-state index in [0.29, 0.717) is 49.7 Å². The zero-order valence-corrected chi connectivity index (χ0v) is 25.5. The average Bonchev–Trinajstić information content (AvgIpc) is 3.47. The van der Waals surface area contributed by atoms with Gasteiger partial charge in [-0.05, 0) is 55.6 Å². The monoisotopic (exact) mass is 597 g/mol. The summed E-state index contributed by atoms with van der Waals surface area (Å²) in [5.41, 5.74) is 3.92. The lowest BCUT2D eigenvalue weighted by Crippen LogP contribution is -2.57. The van der Waals surface area contributed by atoms with E-state index in [-0.39, 0.29) is 23.8 Å². The largest absolute Gasteiger partial charge is 0.495 e. The molecule has 11 nitrogen and oxygen atoms in total. The lowest BCUT2D eigenvalue weighted by atomic mass is 9.92. The van der Waals surface area contributed by atoms with Crippen LogP contribution in [0.3, 0.4) is 0 Å². The van der Waals surface area contributed by atoms with Crippen LogP contribution in [0.2, 0.25) is 0 Å². The van der Waals surface area contributed by atoms with Gasteiger partial charge in [-0.25, -0.2) is 4.79 Å². The first-order valence-electron chi connectivity index (χ1n) is 14.7. The first-order chi connectivity index (χ1) is 21.2. The topological polar surface area (TPSA) is 123 Å². The molecule has 3 N–H and O–H groups in total. The van der Waals surface area contributed by atoms with E-state index in [2.05, 4.69) is 20.6 Å². The number of hydrogen-bond acceptors (Lipinski definition) is 6. The number of para-hydroxylation sites is 1. The second-order valence-corrected chi connectivity index (χ2v) is 11.3. The van der Waals surface area contributed by atoms with Crippen molar-refractivity contribution in [2.45, 2.75) is 25.4 Å². The Labute approximate surface area is 257 Å². The molecule has 1 aliphatic rings. The molecule has 0 spiro atoms. The van der Waals surface area contributed by atoms with Crippen LogP contribution in [-0.4, -0.2) is 95.9 Å². The number of benzene rings is 2. The van der Waals surface area contributed by atoms with E-state index in [4.69, 9.17) is 4.74 Å². The molecular weight excluding hydrogens is 558 g/mol.